The lowest BCUT2D eigenvalue weighted by atomic mass is 9.97. The minimum absolute atomic E-state index is 0.00385. The Hall–Kier alpha value is -3.18. The summed E-state index contributed by atoms with van der Waals surface area (Å²) >= 11 is 5.89. The molecule has 27 heavy (non-hydrogen) atoms. The Morgan fingerprint density at radius 1 is 1.00 bits per heavy atom. The molecule has 3 rings (SSSR count). The quantitative estimate of drug-likeness (QED) is 0.325. The first-order valence-electron chi connectivity index (χ1n) is 8.37. The van der Waals surface area contributed by atoms with Crippen LogP contribution in [0, 0.1) is 10.1 Å². The van der Waals surface area contributed by atoms with Crippen molar-refractivity contribution in [3.63, 3.8) is 0 Å². The van der Waals surface area contributed by atoms with Gasteiger partial charge in [-0.1, -0.05) is 48.0 Å². The van der Waals surface area contributed by atoms with Crippen molar-refractivity contribution < 1.29 is 9.72 Å². The molecule has 6 heteroatoms. The van der Waals surface area contributed by atoms with Crippen LogP contribution < -0.4 is 5.32 Å². The molecule has 0 aromatic heterocycles. The van der Waals surface area contributed by atoms with E-state index in [0.717, 1.165) is 5.56 Å². The predicted octanol–water partition coefficient (Wildman–Crippen LogP) is 5.67. The summed E-state index contributed by atoms with van der Waals surface area (Å²) in [5.74, 6) is -0.0431. The van der Waals surface area contributed by atoms with Crippen LogP contribution in [0.1, 0.15) is 28.4 Å². The van der Waals surface area contributed by atoms with Gasteiger partial charge < -0.3 is 5.32 Å². The van der Waals surface area contributed by atoms with Gasteiger partial charge in [-0.25, -0.2) is 0 Å². The van der Waals surface area contributed by atoms with Crippen molar-refractivity contribution in [2.24, 2.45) is 0 Å². The van der Waals surface area contributed by atoms with Crippen LogP contribution in [0.3, 0.4) is 0 Å². The second-order valence-electron chi connectivity index (χ2n) is 6.05. The second kappa shape index (κ2) is 8.47. The Bertz CT molecular complexity index is 943. The molecule has 5 nitrogen and oxygen atoms in total. The van der Waals surface area contributed by atoms with E-state index in [-0.39, 0.29) is 23.9 Å². The third kappa shape index (κ3) is 4.92. The molecular weight excluding hydrogens is 364 g/mol. The van der Waals surface area contributed by atoms with Crippen LogP contribution in [0.25, 0.3) is 0 Å². The van der Waals surface area contributed by atoms with E-state index in [9.17, 15) is 14.9 Å². The number of carbonyl (C=O) groups excluding carboxylic acids is 1. The maximum Gasteiger partial charge on any atom is 0.271 e. The van der Waals surface area contributed by atoms with E-state index in [4.69, 9.17) is 11.6 Å². The number of halogens is 1. The third-order valence-electron chi connectivity index (χ3n) is 4.16. The zero-order valence-electron chi connectivity index (χ0n) is 14.3. The summed E-state index contributed by atoms with van der Waals surface area (Å²) in [6.45, 7) is 0. The first-order chi connectivity index (χ1) is 13.0. The maximum absolute atomic E-state index is 12.7. The zero-order chi connectivity index (χ0) is 19.2. The number of non-ortho nitro benzene ring substituents is 1. The Balaban J connectivity index is 1.85. The summed E-state index contributed by atoms with van der Waals surface area (Å²) in [4.78, 5) is 23.3. The molecule has 0 bridgehead atoms. The number of hydrogen-bond donors (Lipinski definition) is 1. The number of ketones is 1. The van der Waals surface area contributed by atoms with Crippen molar-refractivity contribution in [2.45, 2.75) is 12.5 Å². The third-order valence-corrected chi connectivity index (χ3v) is 4.41. The number of anilines is 1. The smallest absolute Gasteiger partial charge is 0.271 e. The summed E-state index contributed by atoms with van der Waals surface area (Å²) in [7, 11) is 0. The highest BCUT2D eigenvalue weighted by Gasteiger charge is 2.18. The molecule has 0 radical (unpaired) electrons. The number of carbonyl (C=O) groups is 1. The molecule has 0 aliphatic carbocycles. The molecule has 0 amide bonds. The molecule has 0 spiro atoms. The Labute approximate surface area is 161 Å². The molecule has 0 heterocycles. The molecule has 1 N–H and O–H groups in total. The van der Waals surface area contributed by atoms with Crippen molar-refractivity contribution >= 4 is 28.8 Å². The van der Waals surface area contributed by atoms with Crippen molar-refractivity contribution in [1.29, 1.82) is 0 Å². The lowest BCUT2D eigenvalue weighted by Gasteiger charge is -2.20. The van der Waals surface area contributed by atoms with Gasteiger partial charge in [0.2, 0.25) is 0 Å². The van der Waals surface area contributed by atoms with E-state index in [1.165, 1.54) is 12.1 Å². The minimum atomic E-state index is -0.443. The number of nitrogens with one attached hydrogen (secondary N) is 1. The van der Waals surface area contributed by atoms with Crippen LogP contribution in [-0.2, 0) is 0 Å². The number of rotatable bonds is 7. The molecule has 0 saturated heterocycles. The fourth-order valence-corrected chi connectivity index (χ4v) is 2.91. The summed E-state index contributed by atoms with van der Waals surface area (Å²) in [5.41, 5.74) is 2.07. The fraction of sp³-hybridized carbons (Fsp3) is 0.0952. The first-order valence-corrected chi connectivity index (χ1v) is 8.75. The number of nitro benzene ring substituents is 1. The molecule has 3 aromatic rings. The van der Waals surface area contributed by atoms with Gasteiger partial charge >= 0.3 is 0 Å². The Morgan fingerprint density at radius 2 is 1.70 bits per heavy atom. The van der Waals surface area contributed by atoms with Gasteiger partial charge in [-0.2, -0.15) is 0 Å². The SMILES string of the molecule is O=C(CC(Nc1cccc([N+](=O)[O-])c1)c1ccccc1)c1ccc(Cl)cc1. The largest absolute Gasteiger partial charge is 0.378 e. The molecule has 136 valence electrons. The van der Waals surface area contributed by atoms with Crippen molar-refractivity contribution in [3.8, 4) is 0 Å². The fourth-order valence-electron chi connectivity index (χ4n) is 2.79. The number of nitro groups is 1. The number of nitrogens with zero attached hydrogens (tertiary/aromatic N) is 1. The van der Waals surface area contributed by atoms with E-state index in [2.05, 4.69) is 5.32 Å². The number of hydrogen-bond acceptors (Lipinski definition) is 4. The van der Waals surface area contributed by atoms with Crippen LogP contribution in [0.2, 0.25) is 5.02 Å². The van der Waals surface area contributed by atoms with E-state index in [0.29, 0.717) is 16.3 Å². The van der Waals surface area contributed by atoms with Crippen molar-refractivity contribution in [1.82, 2.24) is 0 Å². The van der Waals surface area contributed by atoms with Crippen molar-refractivity contribution in [3.05, 3.63) is 105 Å². The van der Waals surface area contributed by atoms with Gasteiger partial charge in [0, 0.05) is 34.8 Å². The number of Topliss-reactive ketones (excluding diaryl/α,β-unsaturated/α-hetero) is 1. The molecular formula is C21H17ClN2O3. The highest BCUT2D eigenvalue weighted by molar-refractivity contribution is 6.30. The van der Waals surface area contributed by atoms with E-state index in [1.54, 1.807) is 36.4 Å². The van der Waals surface area contributed by atoms with Crippen LogP contribution in [0.4, 0.5) is 11.4 Å². The zero-order valence-corrected chi connectivity index (χ0v) is 15.1. The summed E-state index contributed by atoms with van der Waals surface area (Å²) in [6.07, 6.45) is 0.203. The normalized spacial score (nSPS) is 11.6. The molecule has 1 atom stereocenters. The summed E-state index contributed by atoms with van der Waals surface area (Å²) in [5, 5.41) is 14.8. The van der Waals surface area contributed by atoms with Crippen LogP contribution in [0.15, 0.2) is 78.9 Å². The highest BCUT2D eigenvalue weighted by atomic mass is 35.5. The molecule has 0 aliphatic rings. The van der Waals surface area contributed by atoms with Gasteiger partial charge in [-0.3, -0.25) is 14.9 Å². The average molecular weight is 381 g/mol. The van der Waals surface area contributed by atoms with Gasteiger partial charge in [-0.05, 0) is 35.9 Å². The Kier molecular flexibility index (Phi) is 5.84. The van der Waals surface area contributed by atoms with Crippen LogP contribution >= 0.6 is 11.6 Å². The van der Waals surface area contributed by atoms with Gasteiger partial charge in [0.15, 0.2) is 5.78 Å². The topological polar surface area (TPSA) is 72.2 Å². The van der Waals surface area contributed by atoms with Gasteiger partial charge in [0.05, 0.1) is 11.0 Å². The van der Waals surface area contributed by atoms with Crippen LogP contribution in [0.5, 0.6) is 0 Å². The average Bonchev–Trinajstić information content (AvgIpc) is 2.69. The van der Waals surface area contributed by atoms with Crippen molar-refractivity contribution in [2.75, 3.05) is 5.32 Å². The standard InChI is InChI=1S/C21H17ClN2O3/c22-17-11-9-16(10-12-17)21(25)14-20(15-5-2-1-3-6-15)23-18-7-4-8-19(13-18)24(26)27/h1-13,20,23H,14H2. The predicted molar refractivity (Wildman–Crippen MR) is 106 cm³/mol. The monoisotopic (exact) mass is 380 g/mol. The Morgan fingerprint density at radius 3 is 2.37 bits per heavy atom. The summed E-state index contributed by atoms with van der Waals surface area (Å²) < 4.78 is 0. The molecule has 1 unspecified atom stereocenters. The highest BCUT2D eigenvalue weighted by Crippen LogP contribution is 2.26. The van der Waals surface area contributed by atoms with E-state index in [1.807, 2.05) is 30.3 Å². The molecule has 0 fully saturated rings. The first kappa shape index (κ1) is 18.6. The number of benzene rings is 3. The lowest BCUT2D eigenvalue weighted by molar-refractivity contribution is -0.384. The molecule has 3 aromatic carbocycles. The molecule has 0 saturated carbocycles. The molecule has 0 aliphatic heterocycles. The lowest BCUT2D eigenvalue weighted by Crippen LogP contribution is -2.16. The summed E-state index contributed by atoms with van der Waals surface area (Å²) in [6, 6.07) is 22.2. The van der Waals surface area contributed by atoms with Gasteiger partial charge in [0.25, 0.3) is 5.69 Å². The van der Waals surface area contributed by atoms with Gasteiger partial charge in [-0.15, -0.1) is 0 Å². The van der Waals surface area contributed by atoms with E-state index >= 15 is 0 Å². The minimum Gasteiger partial charge on any atom is -0.378 e. The second-order valence-corrected chi connectivity index (χ2v) is 6.49. The maximum atomic E-state index is 12.7. The van der Waals surface area contributed by atoms with Crippen LogP contribution in [-0.4, -0.2) is 10.7 Å². The van der Waals surface area contributed by atoms with E-state index < -0.39 is 4.92 Å². The van der Waals surface area contributed by atoms with Gasteiger partial charge in [0.1, 0.15) is 0 Å².